The third-order valence-electron chi connectivity index (χ3n) is 0.798. The van der Waals surface area contributed by atoms with Crippen molar-refractivity contribution in [1.82, 2.24) is 0 Å². The Morgan fingerprint density at radius 3 is 2.62 bits per heavy atom. The zero-order valence-corrected chi connectivity index (χ0v) is 5.26. The number of rotatable bonds is 2. The van der Waals surface area contributed by atoms with Crippen LogP contribution in [0, 0.1) is 0 Å². The van der Waals surface area contributed by atoms with E-state index >= 15 is 0 Å². The molecule has 0 aliphatic rings. The third kappa shape index (κ3) is 3.28. The zero-order chi connectivity index (χ0) is 6.41. The molecule has 2 nitrogen and oxygen atoms in total. The second kappa shape index (κ2) is 4.24. The molecule has 0 aromatic heterocycles. The predicted molar refractivity (Wildman–Crippen MR) is 37.5 cm³/mol. The smallest absolute Gasteiger partial charge is 0.0521 e. The lowest BCUT2D eigenvalue weighted by molar-refractivity contribution is 1.27. The van der Waals surface area contributed by atoms with Crippen molar-refractivity contribution < 1.29 is 0 Å². The predicted octanol–water partition coefficient (Wildman–Crippen LogP) is 1.64. The van der Waals surface area contributed by atoms with Crippen LogP contribution in [0.15, 0.2) is 21.9 Å². The third-order valence-corrected chi connectivity index (χ3v) is 0.798. The van der Waals surface area contributed by atoms with E-state index in [-0.39, 0.29) is 0 Å². The largest absolute Gasteiger partial charge is 0.167 e. The van der Waals surface area contributed by atoms with Crippen molar-refractivity contribution in [2.24, 2.45) is 10.2 Å². The molecule has 0 aliphatic heterocycles. The molecule has 0 aliphatic carbocycles. The van der Waals surface area contributed by atoms with Crippen molar-refractivity contribution in [3.63, 3.8) is 0 Å². The van der Waals surface area contributed by atoms with E-state index < -0.39 is 0 Å². The van der Waals surface area contributed by atoms with Gasteiger partial charge in [0, 0.05) is 6.72 Å². The number of hydrogen-bond donors (Lipinski definition) is 0. The maximum absolute atomic E-state index is 3.56. The summed E-state index contributed by atoms with van der Waals surface area (Å²) in [5.74, 6) is 0. The summed E-state index contributed by atoms with van der Waals surface area (Å²) in [6, 6.07) is 0. The molecule has 0 aromatic rings. The molecular formula is C6H10N2. The lowest BCUT2D eigenvalue weighted by Gasteiger charge is -1.80. The van der Waals surface area contributed by atoms with Crippen LogP contribution in [0.4, 0.5) is 0 Å². The fraction of sp³-hybridized carbons (Fsp3) is 0.333. The molecule has 0 radical (unpaired) electrons. The van der Waals surface area contributed by atoms with Crippen LogP contribution in [-0.2, 0) is 0 Å². The molecule has 0 atom stereocenters. The fourth-order valence-corrected chi connectivity index (χ4v) is 0.206. The van der Waals surface area contributed by atoms with Gasteiger partial charge in [-0.05, 0) is 19.4 Å². The molecule has 2 heteroatoms. The Morgan fingerprint density at radius 2 is 2.25 bits per heavy atom. The molecule has 0 N–H and O–H groups in total. The average molecular weight is 110 g/mol. The Bertz CT molecular complexity index is 122. The molecule has 0 spiro atoms. The van der Waals surface area contributed by atoms with E-state index in [0.29, 0.717) is 0 Å². The minimum Gasteiger partial charge on any atom is -0.167 e. The Balaban J connectivity index is 3.69. The van der Waals surface area contributed by atoms with Crippen LogP contribution in [0.3, 0.4) is 0 Å². The summed E-state index contributed by atoms with van der Waals surface area (Å²) in [7, 11) is 0. The van der Waals surface area contributed by atoms with Crippen molar-refractivity contribution in [1.29, 1.82) is 0 Å². The van der Waals surface area contributed by atoms with Crippen molar-refractivity contribution >= 4 is 12.9 Å². The van der Waals surface area contributed by atoms with Crippen LogP contribution in [0.1, 0.15) is 13.8 Å². The van der Waals surface area contributed by atoms with Gasteiger partial charge in [0.2, 0.25) is 0 Å². The minimum atomic E-state index is 1.09. The molecule has 0 fully saturated rings. The highest BCUT2D eigenvalue weighted by Gasteiger charge is 1.73. The normalized spacial score (nSPS) is 12.5. The van der Waals surface area contributed by atoms with E-state index in [4.69, 9.17) is 0 Å². The van der Waals surface area contributed by atoms with Gasteiger partial charge < -0.3 is 0 Å². The first-order valence-electron chi connectivity index (χ1n) is 2.43. The summed E-state index contributed by atoms with van der Waals surface area (Å²) in [6.45, 7) is 7.09. The van der Waals surface area contributed by atoms with E-state index in [1.807, 2.05) is 19.9 Å². The van der Waals surface area contributed by atoms with E-state index in [9.17, 15) is 0 Å². The van der Waals surface area contributed by atoms with Crippen LogP contribution in [0.5, 0.6) is 0 Å². The number of hydrogen-bond acceptors (Lipinski definition) is 2. The molecule has 44 valence electrons. The van der Waals surface area contributed by atoms with Crippen molar-refractivity contribution in [3.05, 3.63) is 11.6 Å². The summed E-state index contributed by atoms with van der Waals surface area (Å²) in [5, 5.41) is 6.87. The maximum Gasteiger partial charge on any atom is 0.0521 e. The van der Waals surface area contributed by atoms with Gasteiger partial charge in [-0.3, -0.25) is 0 Å². The first-order chi connectivity index (χ1) is 3.81. The van der Waals surface area contributed by atoms with Gasteiger partial charge in [-0.15, -0.1) is 0 Å². The molecule has 0 saturated heterocycles. The number of allylic oxidation sites excluding steroid dienone is 2. The summed E-state index contributed by atoms with van der Waals surface area (Å²) in [5.41, 5.74) is 1.09. The lowest BCUT2D eigenvalue weighted by atomic mass is 10.3. The average Bonchev–Trinajstić information content (AvgIpc) is 1.83. The second-order valence-electron chi connectivity index (χ2n) is 1.42. The van der Waals surface area contributed by atoms with Gasteiger partial charge in [-0.25, -0.2) is 0 Å². The van der Waals surface area contributed by atoms with Crippen LogP contribution in [0.25, 0.3) is 0 Å². The summed E-state index contributed by atoms with van der Waals surface area (Å²) < 4.78 is 0. The van der Waals surface area contributed by atoms with Crippen molar-refractivity contribution in [2.75, 3.05) is 0 Å². The molecule has 0 bridgehead atoms. The first-order valence-corrected chi connectivity index (χ1v) is 2.43. The standard InChI is InChI=1S/C6H10N2/c1-4-6(2)5-8-7-3/h4-5H,3H2,1-2H3. The zero-order valence-electron chi connectivity index (χ0n) is 5.26. The molecule has 0 saturated carbocycles. The van der Waals surface area contributed by atoms with Gasteiger partial charge in [0.15, 0.2) is 0 Å². The van der Waals surface area contributed by atoms with Crippen LogP contribution in [-0.4, -0.2) is 12.9 Å². The highest BCUT2D eigenvalue weighted by atomic mass is 15.2. The highest BCUT2D eigenvalue weighted by Crippen LogP contribution is 1.84. The maximum atomic E-state index is 3.56. The summed E-state index contributed by atoms with van der Waals surface area (Å²) in [4.78, 5) is 0. The quantitative estimate of drug-likeness (QED) is 0.381. The number of nitrogens with zero attached hydrogens (tertiary/aromatic N) is 2. The van der Waals surface area contributed by atoms with Crippen molar-refractivity contribution in [2.45, 2.75) is 13.8 Å². The SMILES string of the molecule is C=NN=CC(C)=CC. The van der Waals surface area contributed by atoms with Gasteiger partial charge in [-0.1, -0.05) is 6.08 Å². The second-order valence-corrected chi connectivity index (χ2v) is 1.42. The Morgan fingerprint density at radius 1 is 1.62 bits per heavy atom. The Kier molecular flexibility index (Phi) is 3.76. The topological polar surface area (TPSA) is 24.7 Å². The molecule has 0 unspecified atom stereocenters. The van der Waals surface area contributed by atoms with Gasteiger partial charge in [-0.2, -0.15) is 10.2 Å². The van der Waals surface area contributed by atoms with Gasteiger partial charge >= 0.3 is 0 Å². The van der Waals surface area contributed by atoms with Gasteiger partial charge in [0.05, 0.1) is 6.21 Å². The van der Waals surface area contributed by atoms with E-state index in [2.05, 4.69) is 16.9 Å². The molecule has 0 heterocycles. The Hall–Kier alpha value is -0.920. The molecule has 0 rings (SSSR count). The molecule has 8 heavy (non-hydrogen) atoms. The molecule has 0 amide bonds. The summed E-state index contributed by atoms with van der Waals surface area (Å²) >= 11 is 0. The van der Waals surface area contributed by atoms with Crippen LogP contribution >= 0.6 is 0 Å². The van der Waals surface area contributed by atoms with E-state index in [0.717, 1.165) is 5.57 Å². The van der Waals surface area contributed by atoms with E-state index in [1.165, 1.54) is 0 Å². The van der Waals surface area contributed by atoms with Gasteiger partial charge in [0.25, 0.3) is 0 Å². The van der Waals surface area contributed by atoms with Gasteiger partial charge in [0.1, 0.15) is 0 Å². The Labute approximate surface area is 49.6 Å². The monoisotopic (exact) mass is 110 g/mol. The fourth-order valence-electron chi connectivity index (χ4n) is 0.206. The van der Waals surface area contributed by atoms with E-state index in [1.54, 1.807) is 6.21 Å². The minimum absolute atomic E-state index is 1.09. The van der Waals surface area contributed by atoms with Crippen LogP contribution < -0.4 is 0 Å². The van der Waals surface area contributed by atoms with Crippen LogP contribution in [0.2, 0.25) is 0 Å². The molecule has 0 aromatic carbocycles. The lowest BCUT2D eigenvalue weighted by Crippen LogP contribution is -1.72. The summed E-state index contributed by atoms with van der Waals surface area (Å²) in [6.07, 6.45) is 3.61. The first kappa shape index (κ1) is 7.08. The van der Waals surface area contributed by atoms with Crippen molar-refractivity contribution in [3.8, 4) is 0 Å². The molecular weight excluding hydrogens is 100 g/mol. The highest BCUT2D eigenvalue weighted by molar-refractivity contribution is 5.77.